The normalized spacial score (nSPS) is 9.96. The van der Waals surface area contributed by atoms with Gasteiger partial charge in [-0.3, -0.25) is 14.9 Å². The average molecular weight is 390 g/mol. The van der Waals surface area contributed by atoms with Crippen LogP contribution >= 0.6 is 0 Å². The molecule has 10 heteroatoms. The molecule has 1 amide bonds. The van der Waals surface area contributed by atoms with Crippen molar-refractivity contribution >= 4 is 23.3 Å². The fraction of sp³-hybridized carbons (Fsp3) is 0.222. The second-order valence-electron chi connectivity index (χ2n) is 5.33. The Hall–Kier alpha value is -3.82. The van der Waals surface area contributed by atoms with Gasteiger partial charge in [-0.2, -0.15) is 0 Å². The van der Waals surface area contributed by atoms with Gasteiger partial charge in [-0.15, -0.1) is 0 Å². The predicted octanol–water partition coefficient (Wildman–Crippen LogP) is 2.42. The van der Waals surface area contributed by atoms with E-state index in [4.69, 9.17) is 18.9 Å². The van der Waals surface area contributed by atoms with Crippen molar-refractivity contribution in [2.24, 2.45) is 0 Å². The van der Waals surface area contributed by atoms with Crippen LogP contribution in [-0.2, 0) is 9.53 Å². The van der Waals surface area contributed by atoms with Gasteiger partial charge in [-0.1, -0.05) is 0 Å². The summed E-state index contributed by atoms with van der Waals surface area (Å²) in [4.78, 5) is 34.7. The first-order valence-corrected chi connectivity index (χ1v) is 7.91. The molecular weight excluding hydrogens is 372 g/mol. The largest absolute Gasteiger partial charge is 0.497 e. The van der Waals surface area contributed by atoms with Crippen LogP contribution in [0.3, 0.4) is 0 Å². The van der Waals surface area contributed by atoms with E-state index >= 15 is 0 Å². The maximum absolute atomic E-state index is 12.2. The summed E-state index contributed by atoms with van der Waals surface area (Å²) in [7, 11) is 4.21. The van der Waals surface area contributed by atoms with E-state index in [1.54, 1.807) is 6.07 Å². The number of methoxy groups -OCH3 is 3. The quantitative estimate of drug-likeness (QED) is 0.414. The molecule has 2 aromatic rings. The van der Waals surface area contributed by atoms with Crippen molar-refractivity contribution in [2.45, 2.75) is 0 Å². The lowest BCUT2D eigenvalue weighted by Crippen LogP contribution is -2.21. The van der Waals surface area contributed by atoms with Crippen LogP contribution in [0.25, 0.3) is 0 Å². The number of nitrogens with one attached hydrogen (secondary N) is 1. The van der Waals surface area contributed by atoms with E-state index in [2.05, 4.69) is 5.32 Å². The van der Waals surface area contributed by atoms with Crippen LogP contribution in [0.15, 0.2) is 36.4 Å². The van der Waals surface area contributed by atoms with Crippen molar-refractivity contribution in [2.75, 3.05) is 33.3 Å². The van der Waals surface area contributed by atoms with Gasteiger partial charge < -0.3 is 24.3 Å². The van der Waals surface area contributed by atoms with E-state index in [1.807, 2.05) is 0 Å². The van der Waals surface area contributed by atoms with Gasteiger partial charge in [0.05, 0.1) is 32.3 Å². The monoisotopic (exact) mass is 390 g/mol. The maximum atomic E-state index is 12.2. The summed E-state index contributed by atoms with van der Waals surface area (Å²) in [6.45, 7) is -0.642. The lowest BCUT2D eigenvalue weighted by atomic mass is 10.2. The van der Waals surface area contributed by atoms with Gasteiger partial charge in [0.25, 0.3) is 11.6 Å². The van der Waals surface area contributed by atoms with Gasteiger partial charge in [0, 0.05) is 6.07 Å². The molecule has 0 saturated heterocycles. The van der Waals surface area contributed by atoms with Crippen molar-refractivity contribution in [3.63, 3.8) is 0 Å². The Balaban J connectivity index is 2.05. The topological polar surface area (TPSA) is 126 Å². The zero-order chi connectivity index (χ0) is 20.7. The van der Waals surface area contributed by atoms with Crippen LogP contribution in [-0.4, -0.2) is 44.7 Å². The van der Waals surface area contributed by atoms with E-state index < -0.39 is 23.4 Å². The molecule has 0 aliphatic carbocycles. The Bertz CT molecular complexity index is 897. The van der Waals surface area contributed by atoms with Crippen LogP contribution in [0.2, 0.25) is 0 Å². The number of hydrogen-bond donors (Lipinski definition) is 1. The van der Waals surface area contributed by atoms with E-state index in [9.17, 15) is 19.7 Å². The van der Waals surface area contributed by atoms with Gasteiger partial charge in [0.1, 0.15) is 28.5 Å². The number of benzene rings is 2. The summed E-state index contributed by atoms with van der Waals surface area (Å²) in [5.74, 6) is -0.566. The molecule has 28 heavy (non-hydrogen) atoms. The first-order chi connectivity index (χ1) is 13.4. The maximum Gasteiger partial charge on any atom is 0.342 e. The third-order valence-corrected chi connectivity index (χ3v) is 3.64. The standard InChI is InChI=1S/C18H18N2O8/c1-25-11-5-7-14(15(8-11)20(23)24)19-17(21)10-28-18(22)13-6-4-12(26-2)9-16(13)27-3/h4-9H,10H2,1-3H3,(H,19,21). The molecule has 0 aliphatic heterocycles. The number of rotatable bonds is 8. The molecule has 0 heterocycles. The Kier molecular flexibility index (Phi) is 6.74. The lowest BCUT2D eigenvalue weighted by Gasteiger charge is -2.11. The summed E-state index contributed by atoms with van der Waals surface area (Å²) in [6, 6.07) is 8.42. The zero-order valence-electron chi connectivity index (χ0n) is 15.4. The molecule has 0 fully saturated rings. The molecule has 2 rings (SSSR count). The van der Waals surface area contributed by atoms with Crippen molar-refractivity contribution in [1.82, 2.24) is 0 Å². The highest BCUT2D eigenvalue weighted by Gasteiger charge is 2.19. The SMILES string of the molecule is COc1ccc(C(=O)OCC(=O)Nc2ccc(OC)cc2[N+](=O)[O-])c(OC)c1. The summed E-state index contributed by atoms with van der Waals surface area (Å²) >= 11 is 0. The molecule has 0 aliphatic rings. The van der Waals surface area contributed by atoms with Crippen LogP contribution in [0, 0.1) is 10.1 Å². The molecular formula is C18H18N2O8. The highest BCUT2D eigenvalue weighted by atomic mass is 16.6. The van der Waals surface area contributed by atoms with Crippen molar-refractivity contribution in [3.8, 4) is 17.2 Å². The molecule has 10 nitrogen and oxygen atoms in total. The highest BCUT2D eigenvalue weighted by molar-refractivity contribution is 5.98. The third-order valence-electron chi connectivity index (χ3n) is 3.64. The Labute approximate surface area is 160 Å². The number of carbonyl (C=O) groups is 2. The Morgan fingerprint density at radius 3 is 2.25 bits per heavy atom. The van der Waals surface area contributed by atoms with Crippen molar-refractivity contribution < 1.29 is 33.5 Å². The number of carbonyl (C=O) groups excluding carboxylic acids is 2. The fourth-order valence-corrected chi connectivity index (χ4v) is 2.26. The molecule has 148 valence electrons. The number of hydrogen-bond acceptors (Lipinski definition) is 8. The Morgan fingerprint density at radius 2 is 1.64 bits per heavy atom. The summed E-state index contributed by atoms with van der Waals surface area (Å²) in [5, 5.41) is 13.5. The Morgan fingerprint density at radius 1 is 1.00 bits per heavy atom. The molecule has 0 atom stereocenters. The number of ether oxygens (including phenoxy) is 4. The number of nitro groups is 1. The predicted molar refractivity (Wildman–Crippen MR) is 98.1 cm³/mol. The van der Waals surface area contributed by atoms with E-state index in [0.717, 1.165) is 0 Å². The molecule has 0 aromatic heterocycles. The van der Waals surface area contributed by atoms with Gasteiger partial charge >= 0.3 is 5.97 Å². The molecule has 0 unspecified atom stereocenters. The minimum absolute atomic E-state index is 0.0473. The number of nitrogens with zero attached hydrogens (tertiary/aromatic N) is 1. The van der Waals surface area contributed by atoms with Gasteiger partial charge in [-0.05, 0) is 24.3 Å². The number of amides is 1. The van der Waals surface area contributed by atoms with E-state index in [0.29, 0.717) is 5.75 Å². The average Bonchev–Trinajstić information content (AvgIpc) is 2.71. The summed E-state index contributed by atoms with van der Waals surface area (Å²) in [5.41, 5.74) is -0.295. The third kappa shape index (κ3) is 4.87. The number of esters is 1. The number of nitro benzene ring substituents is 1. The van der Waals surface area contributed by atoms with Crippen LogP contribution in [0.4, 0.5) is 11.4 Å². The molecule has 0 spiro atoms. The van der Waals surface area contributed by atoms with E-state index in [-0.39, 0.29) is 28.4 Å². The first kappa shape index (κ1) is 20.5. The lowest BCUT2D eigenvalue weighted by molar-refractivity contribution is -0.384. The van der Waals surface area contributed by atoms with E-state index in [1.165, 1.54) is 51.7 Å². The van der Waals surface area contributed by atoms with Gasteiger partial charge in [0.15, 0.2) is 6.61 Å². The fourth-order valence-electron chi connectivity index (χ4n) is 2.26. The van der Waals surface area contributed by atoms with Crippen LogP contribution in [0.5, 0.6) is 17.2 Å². The molecule has 1 N–H and O–H groups in total. The first-order valence-electron chi connectivity index (χ1n) is 7.91. The van der Waals surface area contributed by atoms with Crippen LogP contribution < -0.4 is 19.5 Å². The van der Waals surface area contributed by atoms with Crippen LogP contribution in [0.1, 0.15) is 10.4 Å². The summed E-state index contributed by atoms with van der Waals surface area (Å²) in [6.07, 6.45) is 0. The minimum atomic E-state index is -0.793. The smallest absolute Gasteiger partial charge is 0.342 e. The highest BCUT2D eigenvalue weighted by Crippen LogP contribution is 2.29. The minimum Gasteiger partial charge on any atom is -0.497 e. The molecule has 2 aromatic carbocycles. The zero-order valence-corrected chi connectivity index (χ0v) is 15.4. The van der Waals surface area contributed by atoms with Crippen molar-refractivity contribution in [3.05, 3.63) is 52.1 Å². The van der Waals surface area contributed by atoms with Gasteiger partial charge in [0.2, 0.25) is 0 Å². The van der Waals surface area contributed by atoms with Crippen molar-refractivity contribution in [1.29, 1.82) is 0 Å². The molecule has 0 bridgehead atoms. The molecule has 0 radical (unpaired) electrons. The summed E-state index contributed by atoms with van der Waals surface area (Å²) < 4.78 is 20.0. The second-order valence-corrected chi connectivity index (χ2v) is 5.33. The second kappa shape index (κ2) is 9.21. The number of anilines is 1. The van der Waals surface area contributed by atoms with Gasteiger partial charge in [-0.25, -0.2) is 4.79 Å². The molecule has 0 saturated carbocycles.